The number of ether oxygens (including phenoxy) is 1. The largest absolute Gasteiger partial charge is 0.460 e. The van der Waals surface area contributed by atoms with E-state index in [-0.39, 0.29) is 16.4 Å². The average molecular weight is 386 g/mol. The maximum absolute atomic E-state index is 10.9. The second kappa shape index (κ2) is 8.05. The molecule has 0 bridgehead atoms. The van der Waals surface area contributed by atoms with Gasteiger partial charge in [0.1, 0.15) is 12.1 Å². The van der Waals surface area contributed by atoms with Crippen molar-refractivity contribution in [1.82, 2.24) is 4.98 Å². The second-order valence-electron chi connectivity index (χ2n) is 5.08. The lowest BCUT2D eigenvalue weighted by atomic mass is 10.1. The molecule has 7 nitrogen and oxygen atoms in total. The van der Waals surface area contributed by atoms with E-state index in [9.17, 15) is 4.79 Å². The van der Waals surface area contributed by atoms with Crippen molar-refractivity contribution in [2.24, 2.45) is 0 Å². The number of rotatable bonds is 3. The third-order valence-electron chi connectivity index (χ3n) is 3.35. The molecular formula is C16H16ClNO6S. The Labute approximate surface area is 148 Å². The molecule has 134 valence electrons. The van der Waals surface area contributed by atoms with Crippen molar-refractivity contribution in [3.05, 3.63) is 41.4 Å². The van der Waals surface area contributed by atoms with E-state index < -0.39 is 10.2 Å². The van der Waals surface area contributed by atoms with Gasteiger partial charge in [-0.2, -0.15) is 4.98 Å². The summed E-state index contributed by atoms with van der Waals surface area (Å²) < 4.78 is 40.3. The third-order valence-corrected chi connectivity index (χ3v) is 5.59. The van der Waals surface area contributed by atoms with Crippen LogP contribution in [0.4, 0.5) is 0 Å². The lowest BCUT2D eigenvalue weighted by molar-refractivity contribution is -2.00. The summed E-state index contributed by atoms with van der Waals surface area (Å²) in [4.78, 5) is 15.6. The molecule has 3 rings (SSSR count). The zero-order valence-corrected chi connectivity index (χ0v) is 15.1. The van der Waals surface area contributed by atoms with E-state index in [1.165, 1.54) is 22.4 Å². The molecule has 3 aromatic rings. The second-order valence-corrected chi connectivity index (χ2v) is 8.05. The molecule has 1 heterocycles. The molecule has 0 fully saturated rings. The van der Waals surface area contributed by atoms with Crippen molar-refractivity contribution in [2.45, 2.75) is 19.6 Å². The van der Waals surface area contributed by atoms with Crippen LogP contribution in [0.15, 0.2) is 36.4 Å². The molecule has 1 aromatic heterocycles. The molecule has 0 saturated heterocycles. The minimum absolute atomic E-state index is 0.0467. The quantitative estimate of drug-likeness (QED) is 0.428. The number of fused-ring (bicyclic) bond motifs is 3. The van der Waals surface area contributed by atoms with Gasteiger partial charge in [-0.1, -0.05) is 24.3 Å². The van der Waals surface area contributed by atoms with Crippen LogP contribution in [-0.4, -0.2) is 17.6 Å². The molecule has 0 spiro atoms. The van der Waals surface area contributed by atoms with Gasteiger partial charge in [-0.05, 0) is 11.5 Å². The Morgan fingerprint density at radius 2 is 1.80 bits per heavy atom. The third kappa shape index (κ3) is 5.60. The average Bonchev–Trinajstić information content (AvgIpc) is 2.82. The standard InChI is InChI=1S/C16H16NO2S.ClHO4/c1-11-17-16-14-6-4-3-5-13(14)7-8-15(16)20(11)10-9-19-12(2)18;2-1(3,4)5/h3-8H,9-10H2,1-2H3;(H,2,3,4,5)/q+1;/p-1. The number of aromatic nitrogens is 1. The summed E-state index contributed by atoms with van der Waals surface area (Å²) in [6.45, 7) is 3.96. The molecule has 0 aliphatic heterocycles. The molecule has 2 aromatic carbocycles. The molecular weight excluding hydrogens is 370 g/mol. The number of carbonyl (C=O) groups is 1. The van der Waals surface area contributed by atoms with Crippen molar-refractivity contribution < 1.29 is 38.4 Å². The maximum atomic E-state index is 10.9. The summed E-state index contributed by atoms with van der Waals surface area (Å²) in [6, 6.07) is 12.6. The summed E-state index contributed by atoms with van der Waals surface area (Å²) >= 11 is 0. The number of aryl methyl sites for hydroxylation is 1. The number of esters is 1. The first-order valence-corrected chi connectivity index (χ1v) is 9.82. The molecule has 0 radical (unpaired) electrons. The minimum atomic E-state index is -4.94. The zero-order chi connectivity index (χ0) is 18.6. The van der Waals surface area contributed by atoms with E-state index in [1.807, 2.05) is 12.1 Å². The van der Waals surface area contributed by atoms with Crippen LogP contribution >= 0.6 is 10.5 Å². The van der Waals surface area contributed by atoms with Crippen LogP contribution < -0.4 is 18.6 Å². The molecule has 1 atom stereocenters. The fourth-order valence-corrected chi connectivity index (χ4v) is 4.35. The van der Waals surface area contributed by atoms with E-state index in [4.69, 9.17) is 28.4 Å². The molecule has 0 aliphatic carbocycles. The van der Waals surface area contributed by atoms with Crippen molar-refractivity contribution in [2.75, 3.05) is 6.61 Å². The van der Waals surface area contributed by atoms with Crippen LogP contribution in [0.3, 0.4) is 0 Å². The van der Waals surface area contributed by atoms with Gasteiger partial charge < -0.3 is 4.74 Å². The predicted octanol–water partition coefficient (Wildman–Crippen LogP) is -0.747. The Morgan fingerprint density at radius 3 is 2.44 bits per heavy atom. The Morgan fingerprint density at radius 1 is 1.16 bits per heavy atom. The molecule has 25 heavy (non-hydrogen) atoms. The molecule has 1 unspecified atom stereocenters. The summed E-state index contributed by atoms with van der Waals surface area (Å²) in [5.74, 6) is 0.599. The van der Waals surface area contributed by atoms with E-state index in [0.29, 0.717) is 6.61 Å². The summed E-state index contributed by atoms with van der Waals surface area (Å²) in [5, 5.41) is 3.54. The first kappa shape index (κ1) is 19.5. The van der Waals surface area contributed by atoms with Crippen molar-refractivity contribution in [1.29, 1.82) is 0 Å². The summed E-state index contributed by atoms with van der Waals surface area (Å²) in [6.07, 6.45) is 0. The van der Waals surface area contributed by atoms with E-state index in [1.54, 1.807) is 0 Å². The van der Waals surface area contributed by atoms with Crippen LogP contribution in [0.2, 0.25) is 0 Å². The van der Waals surface area contributed by atoms with E-state index in [2.05, 4.69) is 31.2 Å². The smallest absolute Gasteiger partial charge is 0.302 e. The Balaban J connectivity index is 0.000000399. The Bertz CT molecular complexity index is 883. The molecule has 9 heteroatoms. The van der Waals surface area contributed by atoms with E-state index in [0.717, 1.165) is 16.3 Å². The van der Waals surface area contributed by atoms with Gasteiger partial charge in [-0.15, -0.1) is 10.2 Å². The zero-order valence-electron chi connectivity index (χ0n) is 13.6. The van der Waals surface area contributed by atoms with Gasteiger partial charge in [0, 0.05) is 35.8 Å². The number of carbonyl (C=O) groups excluding carboxylic acids is 1. The maximum Gasteiger partial charge on any atom is 0.302 e. The molecule has 0 saturated carbocycles. The number of hydrogen-bond acceptors (Lipinski definition) is 7. The highest BCUT2D eigenvalue weighted by atomic mass is 35.7. The van der Waals surface area contributed by atoms with Crippen LogP contribution in [0.1, 0.15) is 11.9 Å². The van der Waals surface area contributed by atoms with Gasteiger partial charge in [0.05, 0.1) is 0 Å². The SMILES string of the molecule is CC(=O)OCC[s+]1c(C)nc2c3ccccc3ccc21.[O-][Cl+3]([O-])([O-])[O-]. The number of halogens is 1. The van der Waals surface area contributed by atoms with Gasteiger partial charge in [-0.25, -0.2) is 18.6 Å². The van der Waals surface area contributed by atoms with Crippen LogP contribution in [0, 0.1) is 17.2 Å². The van der Waals surface area contributed by atoms with Gasteiger partial charge in [0.15, 0.2) is 5.75 Å². The monoisotopic (exact) mass is 385 g/mol. The fraction of sp³-hybridized carbons (Fsp3) is 0.250. The summed E-state index contributed by atoms with van der Waals surface area (Å²) in [7, 11) is -4.99. The van der Waals surface area contributed by atoms with Gasteiger partial charge in [0.25, 0.3) is 0 Å². The number of benzene rings is 2. The molecule has 0 amide bonds. The highest BCUT2D eigenvalue weighted by Crippen LogP contribution is 2.37. The highest BCUT2D eigenvalue weighted by molar-refractivity contribution is 7.36. The van der Waals surface area contributed by atoms with Crippen LogP contribution in [0.25, 0.3) is 21.0 Å². The fourth-order valence-electron chi connectivity index (χ4n) is 2.45. The molecule has 0 N–H and O–H groups in total. The normalized spacial score (nSPS) is 12.0. The number of nitrogens with zero attached hydrogens (tertiary/aromatic N) is 1. The van der Waals surface area contributed by atoms with Crippen LogP contribution in [-0.2, 0) is 15.3 Å². The lowest BCUT2D eigenvalue weighted by Gasteiger charge is -2.17. The number of thiazole rings is 1. The minimum Gasteiger partial charge on any atom is -0.460 e. The van der Waals surface area contributed by atoms with E-state index >= 15 is 0 Å². The van der Waals surface area contributed by atoms with Crippen molar-refractivity contribution in [3.63, 3.8) is 0 Å². The van der Waals surface area contributed by atoms with Gasteiger partial charge >= 0.3 is 5.97 Å². The van der Waals surface area contributed by atoms with Crippen molar-refractivity contribution >= 4 is 37.4 Å². The first-order chi connectivity index (χ1) is 11.7. The topological polar surface area (TPSA) is 131 Å². The summed E-state index contributed by atoms with van der Waals surface area (Å²) in [5.41, 5.74) is 1.09. The van der Waals surface area contributed by atoms with Crippen molar-refractivity contribution in [3.8, 4) is 0 Å². The molecule has 0 aliphatic rings. The van der Waals surface area contributed by atoms with Gasteiger partial charge in [0.2, 0.25) is 9.71 Å². The predicted molar refractivity (Wildman–Crippen MR) is 83.1 cm³/mol. The highest BCUT2D eigenvalue weighted by Gasteiger charge is 2.21. The Hall–Kier alpha value is -1.81. The van der Waals surface area contributed by atoms with Crippen LogP contribution in [0.5, 0.6) is 0 Å². The number of hydrogen-bond donors (Lipinski definition) is 0. The Kier molecular flexibility index (Phi) is 6.28. The lowest BCUT2D eigenvalue weighted by Crippen LogP contribution is -2.68. The first-order valence-electron chi connectivity index (χ1n) is 7.20. The van der Waals surface area contributed by atoms with Gasteiger partial charge in [-0.3, -0.25) is 4.79 Å².